The van der Waals surface area contributed by atoms with Crippen LogP contribution in [-0.4, -0.2) is 39.8 Å². The fourth-order valence-corrected chi connectivity index (χ4v) is 6.25. The number of ether oxygens (including phenoxy) is 2. The van der Waals surface area contributed by atoms with E-state index in [1.165, 1.54) is 33.4 Å². The highest BCUT2D eigenvalue weighted by Crippen LogP contribution is 2.37. The molecule has 8 nitrogen and oxygen atoms in total. The van der Waals surface area contributed by atoms with Gasteiger partial charge in [-0.15, -0.1) is 5.10 Å². The average molecular weight is 588 g/mol. The number of hydrogen-bond acceptors (Lipinski definition) is 7. The molecule has 0 fully saturated rings. The van der Waals surface area contributed by atoms with E-state index in [1.807, 2.05) is 18.2 Å². The summed E-state index contributed by atoms with van der Waals surface area (Å²) < 4.78 is 11.3. The molecular formula is C36H37N5O3. The van der Waals surface area contributed by atoms with Crippen LogP contribution in [0.25, 0.3) is 11.1 Å². The summed E-state index contributed by atoms with van der Waals surface area (Å²) in [5, 5.41) is 18.0. The van der Waals surface area contributed by atoms with Crippen LogP contribution in [0.3, 0.4) is 0 Å². The van der Waals surface area contributed by atoms with Gasteiger partial charge in [0.15, 0.2) is 0 Å². The molecule has 0 spiro atoms. The minimum Gasteiger partial charge on any atom is -0.490 e. The molecule has 1 aromatic heterocycles. The number of aromatic amines is 1. The number of hydrogen-bond donors (Lipinski definition) is 2. The number of rotatable bonds is 11. The fraction of sp³-hybridized carbons (Fsp3) is 0.278. The summed E-state index contributed by atoms with van der Waals surface area (Å²) in [7, 11) is 0. The van der Waals surface area contributed by atoms with Gasteiger partial charge in [-0.2, -0.15) is 0 Å². The van der Waals surface area contributed by atoms with E-state index in [9.17, 15) is 4.79 Å². The van der Waals surface area contributed by atoms with E-state index in [0.29, 0.717) is 18.1 Å². The highest BCUT2D eigenvalue weighted by molar-refractivity contribution is 5.89. The van der Waals surface area contributed by atoms with Crippen molar-refractivity contribution >= 4 is 11.7 Å². The molecule has 1 unspecified atom stereocenters. The predicted octanol–water partition coefficient (Wildman–Crippen LogP) is 6.91. The van der Waals surface area contributed by atoms with Crippen LogP contribution in [0.15, 0.2) is 78.9 Å². The summed E-state index contributed by atoms with van der Waals surface area (Å²) in [6.45, 7) is 7.65. The van der Waals surface area contributed by atoms with Gasteiger partial charge in [0.2, 0.25) is 0 Å². The number of aryl methyl sites for hydroxylation is 3. The lowest BCUT2D eigenvalue weighted by atomic mass is 9.90. The number of nitrogens with one attached hydrogen (secondary N) is 2. The van der Waals surface area contributed by atoms with Crippen LogP contribution >= 0.6 is 0 Å². The zero-order valence-corrected chi connectivity index (χ0v) is 25.4. The quantitative estimate of drug-likeness (QED) is 0.128. The number of esters is 1. The maximum absolute atomic E-state index is 12.2. The zero-order valence-electron chi connectivity index (χ0n) is 25.4. The monoisotopic (exact) mass is 587 g/mol. The minimum absolute atomic E-state index is 0.187. The maximum Gasteiger partial charge on any atom is 0.338 e. The number of nitrogens with zero attached hydrogens (tertiary/aromatic N) is 3. The Balaban J connectivity index is 1.08. The van der Waals surface area contributed by atoms with Gasteiger partial charge in [0, 0.05) is 18.7 Å². The molecule has 0 saturated heterocycles. The lowest BCUT2D eigenvalue weighted by Gasteiger charge is -2.18. The molecule has 0 radical (unpaired) electrons. The number of anilines is 1. The van der Waals surface area contributed by atoms with Gasteiger partial charge in [-0.25, -0.2) is 9.89 Å². The molecule has 1 aliphatic rings. The standard InChI is InChI=1S/C36H37N5O3/c1-23-18-31(43-16-17-44-36(42)26-8-5-4-6-9-26)19-24(2)35(23)32-11-7-10-29(25(32)3)22-37-30-14-15-33-27(20-30)12-13-28(33)21-34-38-40-41-39-34/h4-11,14-15,18-20,28,37H,12-13,16-17,21-22H2,1-3H3,(H,38,39,40,41). The Kier molecular flexibility index (Phi) is 8.68. The molecule has 1 atom stereocenters. The molecule has 224 valence electrons. The first-order chi connectivity index (χ1) is 21.5. The second-order valence-corrected chi connectivity index (χ2v) is 11.4. The lowest BCUT2D eigenvalue weighted by molar-refractivity contribution is 0.0450. The van der Waals surface area contributed by atoms with Crippen LogP contribution in [0.1, 0.15) is 61.9 Å². The van der Waals surface area contributed by atoms with Gasteiger partial charge in [-0.1, -0.05) is 42.5 Å². The van der Waals surface area contributed by atoms with Crippen molar-refractivity contribution in [3.8, 4) is 16.9 Å². The van der Waals surface area contributed by atoms with Crippen molar-refractivity contribution < 1.29 is 14.3 Å². The molecule has 0 bridgehead atoms. The van der Waals surface area contributed by atoms with Crippen molar-refractivity contribution in [3.63, 3.8) is 0 Å². The SMILES string of the molecule is Cc1cc(OCCOC(=O)c2ccccc2)cc(C)c1-c1cccc(CNc2ccc3c(c2)CCC3Cc2nnn[nH]2)c1C. The Morgan fingerprint density at radius 3 is 2.55 bits per heavy atom. The van der Waals surface area contributed by atoms with E-state index < -0.39 is 0 Å². The van der Waals surface area contributed by atoms with E-state index in [4.69, 9.17) is 9.47 Å². The Bertz CT molecular complexity index is 1730. The van der Waals surface area contributed by atoms with Gasteiger partial charge in [0.05, 0.1) is 5.56 Å². The lowest BCUT2D eigenvalue weighted by Crippen LogP contribution is -2.12. The summed E-state index contributed by atoms with van der Waals surface area (Å²) >= 11 is 0. The topological polar surface area (TPSA) is 102 Å². The molecule has 0 aliphatic heterocycles. The average Bonchev–Trinajstić information content (AvgIpc) is 3.69. The van der Waals surface area contributed by atoms with Crippen LogP contribution in [0.2, 0.25) is 0 Å². The molecule has 0 amide bonds. The third-order valence-corrected chi connectivity index (χ3v) is 8.47. The summed E-state index contributed by atoms with van der Waals surface area (Å²) in [5.41, 5.74) is 11.7. The molecule has 44 heavy (non-hydrogen) atoms. The normalized spacial score (nSPS) is 13.8. The first-order valence-electron chi connectivity index (χ1n) is 15.1. The van der Waals surface area contributed by atoms with Crippen LogP contribution < -0.4 is 10.1 Å². The van der Waals surface area contributed by atoms with E-state index in [-0.39, 0.29) is 12.6 Å². The number of fused-ring (bicyclic) bond motifs is 1. The van der Waals surface area contributed by atoms with Crippen molar-refractivity contribution in [1.82, 2.24) is 20.6 Å². The van der Waals surface area contributed by atoms with Crippen LogP contribution in [0, 0.1) is 20.8 Å². The summed E-state index contributed by atoms with van der Waals surface area (Å²) in [5.74, 6) is 1.72. The molecule has 4 aromatic carbocycles. The van der Waals surface area contributed by atoms with E-state index in [0.717, 1.165) is 54.2 Å². The number of carbonyl (C=O) groups is 1. The number of tetrazole rings is 1. The molecule has 1 aliphatic carbocycles. The van der Waals surface area contributed by atoms with Gasteiger partial charge in [0.25, 0.3) is 0 Å². The molecule has 6 rings (SSSR count). The Hall–Kier alpha value is -4.98. The zero-order chi connectivity index (χ0) is 30.5. The van der Waals surface area contributed by atoms with Gasteiger partial charge >= 0.3 is 5.97 Å². The number of H-pyrrole nitrogens is 1. The number of carbonyl (C=O) groups excluding carboxylic acids is 1. The van der Waals surface area contributed by atoms with Crippen LogP contribution in [-0.2, 0) is 24.1 Å². The predicted molar refractivity (Wildman–Crippen MR) is 171 cm³/mol. The maximum atomic E-state index is 12.2. The van der Waals surface area contributed by atoms with Crippen LogP contribution in [0.5, 0.6) is 5.75 Å². The highest BCUT2D eigenvalue weighted by Gasteiger charge is 2.24. The Labute approximate surface area is 257 Å². The number of benzene rings is 4. The van der Waals surface area contributed by atoms with Crippen molar-refractivity contribution in [2.45, 2.75) is 52.5 Å². The third-order valence-electron chi connectivity index (χ3n) is 8.47. The highest BCUT2D eigenvalue weighted by atomic mass is 16.6. The summed E-state index contributed by atoms with van der Waals surface area (Å²) in [6, 6.07) is 26.4. The van der Waals surface area contributed by atoms with Crippen LogP contribution in [0.4, 0.5) is 5.69 Å². The van der Waals surface area contributed by atoms with Crippen molar-refractivity contribution in [2.75, 3.05) is 18.5 Å². The molecule has 1 heterocycles. The molecule has 8 heteroatoms. The Morgan fingerprint density at radius 1 is 0.955 bits per heavy atom. The molecule has 5 aromatic rings. The van der Waals surface area contributed by atoms with Gasteiger partial charge in [-0.3, -0.25) is 0 Å². The second kappa shape index (κ2) is 13.1. The summed E-state index contributed by atoms with van der Waals surface area (Å²) in [6.07, 6.45) is 3.03. The smallest absolute Gasteiger partial charge is 0.338 e. The largest absolute Gasteiger partial charge is 0.490 e. The van der Waals surface area contributed by atoms with E-state index in [1.54, 1.807) is 12.1 Å². The molecule has 0 saturated carbocycles. The minimum atomic E-state index is -0.344. The fourth-order valence-electron chi connectivity index (χ4n) is 6.25. The summed E-state index contributed by atoms with van der Waals surface area (Å²) in [4.78, 5) is 12.2. The number of aromatic nitrogens is 4. The Morgan fingerprint density at radius 2 is 1.77 bits per heavy atom. The first kappa shape index (κ1) is 29.1. The van der Waals surface area contributed by atoms with Crippen molar-refractivity contribution in [1.29, 1.82) is 0 Å². The van der Waals surface area contributed by atoms with Crippen molar-refractivity contribution in [3.05, 3.63) is 124 Å². The van der Waals surface area contributed by atoms with Gasteiger partial charge in [-0.05, 0) is 131 Å². The van der Waals surface area contributed by atoms with Crippen molar-refractivity contribution in [2.24, 2.45) is 0 Å². The van der Waals surface area contributed by atoms with Gasteiger partial charge in [0.1, 0.15) is 24.8 Å². The molecule has 2 N–H and O–H groups in total. The van der Waals surface area contributed by atoms with E-state index >= 15 is 0 Å². The molecular weight excluding hydrogens is 550 g/mol. The van der Waals surface area contributed by atoms with Gasteiger partial charge < -0.3 is 14.8 Å². The third kappa shape index (κ3) is 6.49. The van der Waals surface area contributed by atoms with E-state index in [2.05, 4.69) is 95.2 Å². The first-order valence-corrected chi connectivity index (χ1v) is 15.1. The second-order valence-electron chi connectivity index (χ2n) is 11.4.